The summed E-state index contributed by atoms with van der Waals surface area (Å²) >= 11 is 12.3. The van der Waals surface area contributed by atoms with Crippen molar-refractivity contribution in [1.82, 2.24) is 9.97 Å². The molecule has 1 amide bonds. The van der Waals surface area contributed by atoms with Gasteiger partial charge in [-0.05, 0) is 61.4 Å². The topological polar surface area (TPSA) is 57.8 Å². The highest BCUT2D eigenvalue weighted by atomic mass is 35.5. The highest BCUT2D eigenvalue weighted by Crippen LogP contribution is 2.27. The van der Waals surface area contributed by atoms with Crippen molar-refractivity contribution in [3.8, 4) is 11.4 Å². The monoisotopic (exact) mass is 409 g/mol. The molecule has 1 aromatic heterocycles. The van der Waals surface area contributed by atoms with Crippen molar-refractivity contribution < 1.29 is 4.79 Å². The molecule has 140 valence electrons. The van der Waals surface area contributed by atoms with E-state index >= 15 is 0 Å². The molecule has 0 aliphatic carbocycles. The Bertz CT molecular complexity index is 1170. The lowest BCUT2D eigenvalue weighted by molar-refractivity contribution is 0.102. The number of fused-ring (bicyclic) bond motifs is 1. The summed E-state index contributed by atoms with van der Waals surface area (Å²) in [7, 11) is 0. The number of hydrogen-bond donors (Lipinski definition) is 2. The third-order valence-corrected chi connectivity index (χ3v) is 5.40. The van der Waals surface area contributed by atoms with E-state index in [2.05, 4.69) is 15.3 Å². The molecule has 0 bridgehead atoms. The maximum atomic E-state index is 12.5. The molecule has 0 aliphatic rings. The molecule has 0 unspecified atom stereocenters. The van der Waals surface area contributed by atoms with Crippen LogP contribution in [0.15, 0.2) is 54.6 Å². The number of H-pyrrole nitrogens is 1. The Hall–Kier alpha value is -2.82. The number of aryl methyl sites for hydroxylation is 2. The largest absolute Gasteiger partial charge is 0.338 e. The highest BCUT2D eigenvalue weighted by molar-refractivity contribution is 6.32. The van der Waals surface area contributed by atoms with Gasteiger partial charge in [0.05, 0.1) is 11.0 Å². The molecule has 4 aromatic rings. The van der Waals surface area contributed by atoms with E-state index in [4.69, 9.17) is 23.2 Å². The van der Waals surface area contributed by atoms with Gasteiger partial charge in [0.1, 0.15) is 5.82 Å². The number of carbonyl (C=O) groups excluding carboxylic acids is 1. The van der Waals surface area contributed by atoms with Gasteiger partial charge in [-0.1, -0.05) is 41.4 Å². The number of rotatable bonds is 3. The molecule has 3 aromatic carbocycles. The van der Waals surface area contributed by atoms with Crippen LogP contribution in [0.1, 0.15) is 21.5 Å². The number of aromatic amines is 1. The lowest BCUT2D eigenvalue weighted by Crippen LogP contribution is -2.11. The van der Waals surface area contributed by atoms with Crippen molar-refractivity contribution in [2.75, 3.05) is 5.32 Å². The number of hydrogen-bond acceptors (Lipinski definition) is 2. The van der Waals surface area contributed by atoms with Gasteiger partial charge >= 0.3 is 0 Å². The molecule has 28 heavy (non-hydrogen) atoms. The van der Waals surface area contributed by atoms with E-state index in [1.807, 2.05) is 56.3 Å². The number of halogens is 2. The lowest BCUT2D eigenvalue weighted by atomic mass is 10.1. The number of carbonyl (C=O) groups is 1. The van der Waals surface area contributed by atoms with Crippen LogP contribution in [0.2, 0.25) is 10.0 Å². The fraction of sp³-hybridized carbons (Fsp3) is 0.0909. The van der Waals surface area contributed by atoms with Crippen LogP contribution in [0.5, 0.6) is 0 Å². The van der Waals surface area contributed by atoms with Crippen LogP contribution < -0.4 is 5.32 Å². The van der Waals surface area contributed by atoms with E-state index < -0.39 is 0 Å². The predicted molar refractivity (Wildman–Crippen MR) is 115 cm³/mol. The van der Waals surface area contributed by atoms with E-state index in [0.717, 1.165) is 27.7 Å². The number of anilines is 1. The zero-order chi connectivity index (χ0) is 19.8. The second-order valence-electron chi connectivity index (χ2n) is 6.70. The van der Waals surface area contributed by atoms with Gasteiger partial charge < -0.3 is 10.3 Å². The average molecular weight is 410 g/mol. The van der Waals surface area contributed by atoms with Crippen molar-refractivity contribution in [1.29, 1.82) is 0 Å². The molecule has 0 saturated carbocycles. The minimum atomic E-state index is -0.217. The summed E-state index contributed by atoms with van der Waals surface area (Å²) in [5.74, 6) is 0.497. The minimum absolute atomic E-state index is 0.217. The van der Waals surface area contributed by atoms with Gasteiger partial charge in [0.2, 0.25) is 0 Å². The third-order valence-electron chi connectivity index (χ3n) is 4.59. The number of nitrogens with one attached hydrogen (secondary N) is 2. The minimum Gasteiger partial charge on any atom is -0.338 e. The van der Waals surface area contributed by atoms with Gasteiger partial charge in [0.25, 0.3) is 5.91 Å². The van der Waals surface area contributed by atoms with E-state index in [1.165, 1.54) is 0 Å². The fourth-order valence-corrected chi connectivity index (χ4v) is 3.30. The number of imidazole rings is 1. The highest BCUT2D eigenvalue weighted by Gasteiger charge is 2.11. The van der Waals surface area contributed by atoms with E-state index in [9.17, 15) is 4.79 Å². The van der Waals surface area contributed by atoms with Gasteiger partial charge in [0.15, 0.2) is 0 Å². The Labute approximate surface area is 172 Å². The molecule has 0 fully saturated rings. The average Bonchev–Trinajstić information content (AvgIpc) is 3.07. The second kappa shape index (κ2) is 7.30. The van der Waals surface area contributed by atoms with Crippen LogP contribution in [0.4, 0.5) is 5.69 Å². The van der Waals surface area contributed by atoms with E-state index in [1.54, 1.807) is 12.1 Å². The maximum absolute atomic E-state index is 12.5. The predicted octanol–water partition coefficient (Wildman–Crippen LogP) is 6.41. The van der Waals surface area contributed by atoms with E-state index in [-0.39, 0.29) is 5.91 Å². The normalized spacial score (nSPS) is 11.0. The van der Waals surface area contributed by atoms with Crippen molar-refractivity contribution in [2.24, 2.45) is 0 Å². The van der Waals surface area contributed by atoms with Gasteiger partial charge in [-0.25, -0.2) is 4.98 Å². The maximum Gasteiger partial charge on any atom is 0.255 e. The molecule has 0 aliphatic heterocycles. The van der Waals surface area contributed by atoms with Crippen LogP contribution in [0.3, 0.4) is 0 Å². The Kier molecular flexibility index (Phi) is 4.84. The van der Waals surface area contributed by atoms with Crippen molar-refractivity contribution >= 4 is 45.8 Å². The zero-order valence-electron chi connectivity index (χ0n) is 15.3. The molecule has 1 heterocycles. The number of amides is 1. The summed E-state index contributed by atoms with van der Waals surface area (Å²) < 4.78 is 0. The van der Waals surface area contributed by atoms with Crippen LogP contribution in [-0.4, -0.2) is 15.9 Å². The van der Waals surface area contributed by atoms with Crippen LogP contribution >= 0.6 is 23.2 Å². The molecule has 4 nitrogen and oxygen atoms in total. The Morgan fingerprint density at radius 2 is 1.75 bits per heavy atom. The fourth-order valence-electron chi connectivity index (χ4n) is 2.96. The molecule has 2 N–H and O–H groups in total. The van der Waals surface area contributed by atoms with Gasteiger partial charge in [-0.3, -0.25) is 4.79 Å². The molecule has 0 spiro atoms. The first-order valence-electron chi connectivity index (χ1n) is 8.74. The molecule has 0 atom stereocenters. The van der Waals surface area contributed by atoms with E-state index in [0.29, 0.717) is 27.1 Å². The Morgan fingerprint density at radius 1 is 0.964 bits per heavy atom. The number of nitrogens with zero attached hydrogens (tertiary/aromatic N) is 1. The quantitative estimate of drug-likeness (QED) is 0.410. The van der Waals surface area contributed by atoms with Gasteiger partial charge in [-0.2, -0.15) is 0 Å². The first-order chi connectivity index (χ1) is 13.4. The second-order valence-corrected chi connectivity index (χ2v) is 7.52. The summed E-state index contributed by atoms with van der Waals surface area (Å²) in [4.78, 5) is 20.5. The van der Waals surface area contributed by atoms with Gasteiger partial charge in [0, 0.05) is 26.9 Å². The van der Waals surface area contributed by atoms with Crippen molar-refractivity contribution in [3.63, 3.8) is 0 Å². The molecule has 6 heteroatoms. The molecule has 0 saturated heterocycles. The Morgan fingerprint density at radius 3 is 2.54 bits per heavy atom. The smallest absolute Gasteiger partial charge is 0.255 e. The van der Waals surface area contributed by atoms with Crippen LogP contribution in [0, 0.1) is 13.8 Å². The lowest BCUT2D eigenvalue weighted by Gasteiger charge is -2.08. The standard InChI is InChI=1S/C22H17Cl2N3O/c1-12-6-7-15(10-17(12)23)22(28)25-16-5-3-4-14(9-16)21-26-19-8-13(2)18(24)11-20(19)27-21/h3-11H,1-2H3,(H,25,28)(H,26,27). The molecule has 0 radical (unpaired) electrons. The summed E-state index contributed by atoms with van der Waals surface area (Å²) in [6.45, 7) is 3.85. The molecular weight excluding hydrogens is 393 g/mol. The summed E-state index contributed by atoms with van der Waals surface area (Å²) in [6.07, 6.45) is 0. The van der Waals surface area contributed by atoms with Crippen LogP contribution in [0.25, 0.3) is 22.4 Å². The SMILES string of the molecule is Cc1ccc(C(=O)Nc2cccc(-c3nc4cc(Cl)c(C)cc4[nH]3)c2)cc1Cl. The summed E-state index contributed by atoms with van der Waals surface area (Å²) in [5, 5.41) is 4.16. The van der Waals surface area contributed by atoms with Gasteiger partial charge in [-0.15, -0.1) is 0 Å². The number of aromatic nitrogens is 2. The first-order valence-corrected chi connectivity index (χ1v) is 9.50. The van der Waals surface area contributed by atoms with Crippen LogP contribution in [-0.2, 0) is 0 Å². The number of benzene rings is 3. The Balaban J connectivity index is 1.62. The first kappa shape index (κ1) is 18.5. The molecular formula is C22H17Cl2N3O. The van der Waals surface area contributed by atoms with Crippen molar-refractivity contribution in [3.05, 3.63) is 81.3 Å². The van der Waals surface area contributed by atoms with Crippen molar-refractivity contribution in [2.45, 2.75) is 13.8 Å². The third kappa shape index (κ3) is 3.61. The summed E-state index contributed by atoms with van der Waals surface area (Å²) in [6, 6.07) is 16.6. The zero-order valence-corrected chi connectivity index (χ0v) is 16.8. The molecule has 4 rings (SSSR count). The summed E-state index contributed by atoms with van der Waals surface area (Å²) in [5.41, 5.74) is 5.69.